The van der Waals surface area contributed by atoms with E-state index in [2.05, 4.69) is 15.0 Å². The normalized spacial score (nSPS) is 27.2. The van der Waals surface area contributed by atoms with Crippen LogP contribution in [0.15, 0.2) is 6.33 Å². The fraction of sp³-hybridized carbons (Fsp3) is 0.500. The van der Waals surface area contributed by atoms with Crippen LogP contribution in [0.4, 0.5) is 11.8 Å². The zero-order chi connectivity index (χ0) is 13.6. The first-order valence-electron chi connectivity index (χ1n) is 5.80. The second kappa shape index (κ2) is 4.30. The van der Waals surface area contributed by atoms with Crippen molar-refractivity contribution in [3.63, 3.8) is 0 Å². The number of rotatable bonds is 2. The molecule has 0 aromatic carbocycles. The van der Waals surface area contributed by atoms with E-state index in [1.165, 1.54) is 6.33 Å². The highest BCUT2D eigenvalue weighted by atomic mass is 16.5. The van der Waals surface area contributed by atoms with Crippen LogP contribution in [0.25, 0.3) is 11.2 Å². The Hall–Kier alpha value is -1.97. The number of anilines is 2. The Morgan fingerprint density at radius 1 is 1.42 bits per heavy atom. The van der Waals surface area contributed by atoms with Crippen LogP contribution >= 0.6 is 0 Å². The molecule has 1 fully saturated rings. The number of nitrogens with two attached hydrogens (primary N) is 2. The Bertz CT molecular complexity index is 615. The molecular weight excluding hydrogens is 252 g/mol. The SMILES string of the molecule is Nc1nc(N)c2ncn([C@@H]3C[C@H](O)[C@H](CO)O3)c2n1. The van der Waals surface area contributed by atoms with Gasteiger partial charge in [-0.2, -0.15) is 9.97 Å². The zero-order valence-corrected chi connectivity index (χ0v) is 9.97. The van der Waals surface area contributed by atoms with Gasteiger partial charge in [-0.3, -0.25) is 4.57 Å². The van der Waals surface area contributed by atoms with Gasteiger partial charge >= 0.3 is 0 Å². The van der Waals surface area contributed by atoms with Crippen molar-refractivity contribution in [2.24, 2.45) is 0 Å². The molecule has 0 amide bonds. The van der Waals surface area contributed by atoms with Gasteiger partial charge in [-0.15, -0.1) is 0 Å². The Morgan fingerprint density at radius 3 is 2.89 bits per heavy atom. The summed E-state index contributed by atoms with van der Waals surface area (Å²) in [6.07, 6.45) is 0.0288. The van der Waals surface area contributed by atoms with Gasteiger partial charge in [0.15, 0.2) is 11.5 Å². The smallest absolute Gasteiger partial charge is 0.224 e. The average molecular weight is 266 g/mol. The first kappa shape index (κ1) is 12.1. The minimum atomic E-state index is -0.732. The number of fused-ring (bicyclic) bond motifs is 1. The van der Waals surface area contributed by atoms with Gasteiger partial charge in [-0.25, -0.2) is 4.98 Å². The van der Waals surface area contributed by atoms with E-state index in [4.69, 9.17) is 21.3 Å². The quantitative estimate of drug-likeness (QED) is 0.521. The van der Waals surface area contributed by atoms with E-state index in [1.807, 2.05) is 0 Å². The van der Waals surface area contributed by atoms with Crippen molar-refractivity contribution in [3.8, 4) is 0 Å². The molecule has 0 radical (unpaired) electrons. The Balaban J connectivity index is 2.02. The van der Waals surface area contributed by atoms with Gasteiger partial charge in [-0.1, -0.05) is 0 Å². The number of ether oxygens (including phenoxy) is 1. The number of hydrogen-bond donors (Lipinski definition) is 4. The number of nitrogen functional groups attached to an aromatic ring is 2. The Kier molecular flexibility index (Phi) is 2.73. The summed E-state index contributed by atoms with van der Waals surface area (Å²) in [6.45, 7) is -0.246. The van der Waals surface area contributed by atoms with Crippen molar-refractivity contribution in [3.05, 3.63) is 6.33 Å². The lowest BCUT2D eigenvalue weighted by Crippen LogP contribution is -2.24. The Morgan fingerprint density at radius 2 is 2.21 bits per heavy atom. The summed E-state index contributed by atoms with van der Waals surface area (Å²) in [5.74, 6) is 0.238. The molecule has 3 atom stereocenters. The molecule has 2 aromatic heterocycles. The second-order valence-corrected chi connectivity index (χ2v) is 4.41. The highest BCUT2D eigenvalue weighted by Gasteiger charge is 2.35. The number of hydrogen-bond acceptors (Lipinski definition) is 8. The van der Waals surface area contributed by atoms with E-state index in [0.29, 0.717) is 17.6 Å². The third-order valence-electron chi connectivity index (χ3n) is 3.16. The van der Waals surface area contributed by atoms with Crippen molar-refractivity contribution in [2.45, 2.75) is 24.9 Å². The minimum absolute atomic E-state index is 0.0454. The number of aliphatic hydroxyl groups excluding tert-OH is 2. The van der Waals surface area contributed by atoms with Crippen LogP contribution in [0.2, 0.25) is 0 Å². The summed E-state index contributed by atoms with van der Waals surface area (Å²) < 4.78 is 7.16. The summed E-state index contributed by atoms with van der Waals surface area (Å²) >= 11 is 0. The maximum atomic E-state index is 9.74. The van der Waals surface area contributed by atoms with Crippen molar-refractivity contribution in [1.29, 1.82) is 0 Å². The van der Waals surface area contributed by atoms with Crippen LogP contribution in [0.5, 0.6) is 0 Å². The zero-order valence-electron chi connectivity index (χ0n) is 9.97. The van der Waals surface area contributed by atoms with Crippen LogP contribution in [0, 0.1) is 0 Å². The lowest BCUT2D eigenvalue weighted by molar-refractivity contribution is -0.0432. The molecular formula is C10H14N6O3. The second-order valence-electron chi connectivity index (χ2n) is 4.41. The Labute approximate surface area is 107 Å². The molecule has 1 aliphatic rings. The average Bonchev–Trinajstić information content (AvgIpc) is 2.92. The fourth-order valence-corrected chi connectivity index (χ4v) is 2.22. The predicted octanol–water partition coefficient (Wildman–Crippen LogP) is -1.37. The van der Waals surface area contributed by atoms with Gasteiger partial charge in [0.2, 0.25) is 5.95 Å². The molecule has 3 rings (SSSR count). The third kappa shape index (κ3) is 1.87. The third-order valence-corrected chi connectivity index (χ3v) is 3.16. The topological polar surface area (TPSA) is 145 Å². The molecule has 1 aliphatic heterocycles. The van der Waals surface area contributed by atoms with Crippen LogP contribution in [0.3, 0.4) is 0 Å². The monoisotopic (exact) mass is 266 g/mol. The lowest BCUT2D eigenvalue weighted by atomic mass is 10.2. The van der Waals surface area contributed by atoms with E-state index < -0.39 is 18.4 Å². The van der Waals surface area contributed by atoms with Crippen LogP contribution < -0.4 is 11.5 Å². The molecule has 2 aromatic rings. The van der Waals surface area contributed by atoms with E-state index >= 15 is 0 Å². The van der Waals surface area contributed by atoms with Crippen LogP contribution in [-0.4, -0.2) is 48.5 Å². The molecule has 1 saturated heterocycles. The number of aromatic nitrogens is 4. The highest BCUT2D eigenvalue weighted by molar-refractivity contribution is 5.82. The first-order valence-corrected chi connectivity index (χ1v) is 5.80. The number of aliphatic hydroxyl groups is 2. The van der Waals surface area contributed by atoms with Crippen LogP contribution in [0.1, 0.15) is 12.6 Å². The summed E-state index contributed by atoms with van der Waals surface area (Å²) in [5, 5.41) is 18.8. The maximum Gasteiger partial charge on any atom is 0.224 e. The summed E-state index contributed by atoms with van der Waals surface area (Å²) in [6, 6.07) is 0. The van der Waals surface area contributed by atoms with E-state index in [-0.39, 0.29) is 18.4 Å². The molecule has 0 aliphatic carbocycles. The molecule has 102 valence electrons. The largest absolute Gasteiger partial charge is 0.394 e. The summed E-state index contributed by atoms with van der Waals surface area (Å²) in [4.78, 5) is 12.0. The van der Waals surface area contributed by atoms with Crippen molar-refractivity contribution in [2.75, 3.05) is 18.1 Å². The molecule has 0 spiro atoms. The van der Waals surface area contributed by atoms with Gasteiger partial charge in [0.1, 0.15) is 17.8 Å². The molecule has 0 saturated carbocycles. The molecule has 0 bridgehead atoms. The molecule has 0 unspecified atom stereocenters. The molecule has 3 heterocycles. The minimum Gasteiger partial charge on any atom is -0.394 e. The van der Waals surface area contributed by atoms with Crippen molar-refractivity contribution < 1.29 is 14.9 Å². The van der Waals surface area contributed by atoms with E-state index in [1.54, 1.807) is 4.57 Å². The van der Waals surface area contributed by atoms with Crippen molar-refractivity contribution >= 4 is 22.9 Å². The molecule has 9 nitrogen and oxygen atoms in total. The molecule has 6 N–H and O–H groups in total. The summed E-state index contributed by atoms with van der Waals surface area (Å²) in [7, 11) is 0. The summed E-state index contributed by atoms with van der Waals surface area (Å²) in [5.41, 5.74) is 12.1. The van der Waals surface area contributed by atoms with Crippen molar-refractivity contribution in [1.82, 2.24) is 19.5 Å². The number of imidazole rings is 1. The van der Waals surface area contributed by atoms with Gasteiger partial charge in [0.25, 0.3) is 0 Å². The molecule has 9 heteroatoms. The standard InChI is InChI=1S/C10H14N6O3/c11-8-7-9(15-10(12)14-8)16(3-13-7)6-1-4(18)5(2-17)19-6/h3-6,17-18H,1-2H2,(H4,11,12,14,15)/t4-,5-,6-/m0/s1. The lowest BCUT2D eigenvalue weighted by Gasteiger charge is -2.13. The van der Waals surface area contributed by atoms with Crippen LogP contribution in [-0.2, 0) is 4.74 Å². The molecule has 19 heavy (non-hydrogen) atoms. The predicted molar refractivity (Wildman–Crippen MR) is 65.8 cm³/mol. The van der Waals surface area contributed by atoms with Gasteiger partial charge in [-0.05, 0) is 0 Å². The fourth-order valence-electron chi connectivity index (χ4n) is 2.22. The maximum absolute atomic E-state index is 9.74. The first-order chi connectivity index (χ1) is 9.10. The van der Waals surface area contributed by atoms with Gasteiger partial charge < -0.3 is 26.4 Å². The van der Waals surface area contributed by atoms with E-state index in [9.17, 15) is 5.11 Å². The van der Waals surface area contributed by atoms with Gasteiger partial charge in [0.05, 0.1) is 19.0 Å². The van der Waals surface area contributed by atoms with E-state index in [0.717, 1.165) is 0 Å². The number of nitrogens with zero attached hydrogens (tertiary/aromatic N) is 4. The highest BCUT2D eigenvalue weighted by Crippen LogP contribution is 2.31. The van der Waals surface area contributed by atoms with Gasteiger partial charge in [0, 0.05) is 6.42 Å².